The van der Waals surface area contributed by atoms with E-state index in [-0.39, 0.29) is 6.04 Å². The van der Waals surface area contributed by atoms with Gasteiger partial charge in [-0.1, -0.05) is 12.8 Å². The predicted molar refractivity (Wildman–Crippen MR) is 65.4 cm³/mol. The number of halogens is 3. The number of nitrogens with one attached hydrogen (secondary N) is 1. The standard InChI is InChI=1S/C14H15F3N2/c15-14(16,17)11-6-5-10(9-18)12(8-11)13-4-2-1-3-7-19-13/h5-6,8,13,19H,1-4,7H2. The lowest BCUT2D eigenvalue weighted by Gasteiger charge is -2.19. The summed E-state index contributed by atoms with van der Waals surface area (Å²) in [5, 5.41) is 12.3. The Labute approximate surface area is 110 Å². The van der Waals surface area contributed by atoms with Gasteiger partial charge in [-0.2, -0.15) is 18.4 Å². The van der Waals surface area contributed by atoms with Gasteiger partial charge in [-0.3, -0.25) is 0 Å². The van der Waals surface area contributed by atoms with Crippen LogP contribution in [0.3, 0.4) is 0 Å². The van der Waals surface area contributed by atoms with Crippen molar-refractivity contribution in [2.24, 2.45) is 0 Å². The highest BCUT2D eigenvalue weighted by atomic mass is 19.4. The minimum Gasteiger partial charge on any atom is -0.310 e. The van der Waals surface area contributed by atoms with Crippen molar-refractivity contribution in [2.45, 2.75) is 37.9 Å². The summed E-state index contributed by atoms with van der Waals surface area (Å²) in [4.78, 5) is 0. The fourth-order valence-electron chi connectivity index (χ4n) is 2.42. The molecular formula is C14H15F3N2. The number of nitrogens with zero attached hydrogens (tertiary/aromatic N) is 1. The molecule has 1 aromatic rings. The van der Waals surface area contributed by atoms with Crippen molar-refractivity contribution in [3.05, 3.63) is 34.9 Å². The number of nitriles is 1. The molecule has 1 unspecified atom stereocenters. The minimum absolute atomic E-state index is 0.153. The van der Waals surface area contributed by atoms with E-state index in [4.69, 9.17) is 5.26 Å². The summed E-state index contributed by atoms with van der Waals surface area (Å²) < 4.78 is 38.2. The molecule has 0 radical (unpaired) electrons. The van der Waals surface area contributed by atoms with Gasteiger partial charge in [0.25, 0.3) is 0 Å². The fraction of sp³-hybridized carbons (Fsp3) is 0.500. The zero-order valence-corrected chi connectivity index (χ0v) is 10.4. The number of rotatable bonds is 1. The van der Waals surface area contributed by atoms with Gasteiger partial charge in [-0.15, -0.1) is 0 Å². The summed E-state index contributed by atoms with van der Waals surface area (Å²) in [6.45, 7) is 0.784. The highest BCUT2D eigenvalue weighted by molar-refractivity contribution is 5.43. The van der Waals surface area contributed by atoms with Crippen LogP contribution in [-0.2, 0) is 6.18 Å². The van der Waals surface area contributed by atoms with Crippen LogP contribution in [0.25, 0.3) is 0 Å². The molecule has 1 aliphatic rings. The predicted octanol–water partition coefficient (Wildman–Crippen LogP) is 3.78. The quantitative estimate of drug-likeness (QED) is 0.841. The third-order valence-corrected chi connectivity index (χ3v) is 3.44. The average Bonchev–Trinajstić information content (AvgIpc) is 2.65. The van der Waals surface area contributed by atoms with E-state index in [9.17, 15) is 13.2 Å². The van der Waals surface area contributed by atoms with Crippen LogP contribution in [0.4, 0.5) is 13.2 Å². The maximum atomic E-state index is 12.7. The smallest absolute Gasteiger partial charge is 0.310 e. The Kier molecular flexibility index (Phi) is 4.11. The van der Waals surface area contributed by atoms with E-state index >= 15 is 0 Å². The second kappa shape index (κ2) is 5.62. The largest absolute Gasteiger partial charge is 0.416 e. The fourth-order valence-corrected chi connectivity index (χ4v) is 2.42. The van der Waals surface area contributed by atoms with Crippen LogP contribution in [0.15, 0.2) is 18.2 Å². The summed E-state index contributed by atoms with van der Waals surface area (Å²) >= 11 is 0. The molecule has 1 saturated heterocycles. The van der Waals surface area contributed by atoms with Gasteiger partial charge in [0, 0.05) is 6.04 Å². The van der Waals surface area contributed by atoms with E-state index in [0.717, 1.165) is 44.4 Å². The zero-order chi connectivity index (χ0) is 13.9. The topological polar surface area (TPSA) is 35.8 Å². The third kappa shape index (κ3) is 3.27. The Balaban J connectivity index is 2.38. The Morgan fingerprint density at radius 2 is 2.00 bits per heavy atom. The van der Waals surface area contributed by atoms with Gasteiger partial charge < -0.3 is 5.32 Å². The van der Waals surface area contributed by atoms with Gasteiger partial charge >= 0.3 is 6.18 Å². The van der Waals surface area contributed by atoms with Crippen molar-refractivity contribution < 1.29 is 13.2 Å². The number of benzene rings is 1. The van der Waals surface area contributed by atoms with Gasteiger partial charge in [0.15, 0.2) is 0 Å². The van der Waals surface area contributed by atoms with Crippen LogP contribution in [0.5, 0.6) is 0 Å². The van der Waals surface area contributed by atoms with E-state index in [1.165, 1.54) is 6.07 Å². The van der Waals surface area contributed by atoms with E-state index in [0.29, 0.717) is 11.1 Å². The summed E-state index contributed by atoms with van der Waals surface area (Å²) in [5.41, 5.74) is 0.110. The molecule has 19 heavy (non-hydrogen) atoms. The Morgan fingerprint density at radius 1 is 1.21 bits per heavy atom. The number of hydrogen-bond donors (Lipinski definition) is 1. The lowest BCUT2D eigenvalue weighted by Crippen LogP contribution is -2.22. The van der Waals surface area contributed by atoms with Gasteiger partial charge in [-0.05, 0) is 43.1 Å². The molecule has 1 heterocycles. The third-order valence-electron chi connectivity index (χ3n) is 3.44. The first-order valence-electron chi connectivity index (χ1n) is 6.37. The second-order valence-corrected chi connectivity index (χ2v) is 4.77. The first kappa shape index (κ1) is 13.9. The van der Waals surface area contributed by atoms with E-state index in [1.807, 2.05) is 6.07 Å². The summed E-state index contributed by atoms with van der Waals surface area (Å²) in [7, 11) is 0. The van der Waals surface area contributed by atoms with Crippen LogP contribution in [0, 0.1) is 11.3 Å². The van der Waals surface area contributed by atoms with E-state index < -0.39 is 11.7 Å². The molecule has 2 nitrogen and oxygen atoms in total. The molecule has 1 fully saturated rings. The SMILES string of the molecule is N#Cc1ccc(C(F)(F)F)cc1C1CCCCCN1. The summed E-state index contributed by atoms with van der Waals surface area (Å²) in [5.74, 6) is 0. The molecule has 5 heteroatoms. The highest BCUT2D eigenvalue weighted by Gasteiger charge is 2.32. The van der Waals surface area contributed by atoms with Crippen LogP contribution >= 0.6 is 0 Å². The van der Waals surface area contributed by atoms with Crippen LogP contribution in [0.2, 0.25) is 0 Å². The lowest BCUT2D eigenvalue weighted by molar-refractivity contribution is -0.137. The highest BCUT2D eigenvalue weighted by Crippen LogP contribution is 2.33. The molecule has 1 aliphatic heterocycles. The minimum atomic E-state index is -4.37. The Morgan fingerprint density at radius 3 is 2.68 bits per heavy atom. The van der Waals surface area contributed by atoms with Crippen molar-refractivity contribution in [3.63, 3.8) is 0 Å². The molecule has 102 valence electrons. The molecule has 1 N–H and O–H groups in total. The molecule has 1 atom stereocenters. The molecule has 1 aromatic carbocycles. The molecule has 0 aromatic heterocycles. The van der Waals surface area contributed by atoms with Gasteiger partial charge in [-0.25, -0.2) is 0 Å². The van der Waals surface area contributed by atoms with Crippen LogP contribution in [0.1, 0.15) is 48.4 Å². The Bertz CT molecular complexity index is 480. The normalized spacial score (nSPS) is 20.6. The second-order valence-electron chi connectivity index (χ2n) is 4.77. The van der Waals surface area contributed by atoms with Crippen molar-refractivity contribution >= 4 is 0 Å². The van der Waals surface area contributed by atoms with Crippen molar-refractivity contribution in [1.29, 1.82) is 5.26 Å². The van der Waals surface area contributed by atoms with Crippen molar-refractivity contribution in [3.8, 4) is 6.07 Å². The van der Waals surface area contributed by atoms with Gasteiger partial charge in [0.2, 0.25) is 0 Å². The molecular weight excluding hydrogens is 253 g/mol. The number of alkyl halides is 3. The zero-order valence-electron chi connectivity index (χ0n) is 10.4. The average molecular weight is 268 g/mol. The molecule has 0 bridgehead atoms. The maximum absolute atomic E-state index is 12.7. The van der Waals surface area contributed by atoms with Gasteiger partial charge in [0.1, 0.15) is 0 Å². The van der Waals surface area contributed by atoms with E-state index in [1.54, 1.807) is 0 Å². The summed E-state index contributed by atoms with van der Waals surface area (Å²) in [6.07, 6.45) is -0.524. The first-order chi connectivity index (χ1) is 9.02. The molecule has 0 saturated carbocycles. The molecule has 2 rings (SSSR count). The monoisotopic (exact) mass is 268 g/mol. The maximum Gasteiger partial charge on any atom is 0.416 e. The lowest BCUT2D eigenvalue weighted by atomic mass is 9.95. The number of hydrogen-bond acceptors (Lipinski definition) is 2. The van der Waals surface area contributed by atoms with Crippen molar-refractivity contribution in [1.82, 2.24) is 5.32 Å². The van der Waals surface area contributed by atoms with Crippen LogP contribution in [-0.4, -0.2) is 6.54 Å². The first-order valence-corrected chi connectivity index (χ1v) is 6.37. The molecule has 0 spiro atoms. The van der Waals surface area contributed by atoms with Gasteiger partial charge in [0.05, 0.1) is 17.2 Å². The van der Waals surface area contributed by atoms with Crippen LogP contribution < -0.4 is 5.32 Å². The Hall–Kier alpha value is -1.54. The molecule has 0 amide bonds. The van der Waals surface area contributed by atoms with Crippen molar-refractivity contribution in [2.75, 3.05) is 6.54 Å². The molecule has 0 aliphatic carbocycles. The van der Waals surface area contributed by atoms with E-state index in [2.05, 4.69) is 5.32 Å². The summed E-state index contributed by atoms with van der Waals surface area (Å²) in [6, 6.07) is 5.18.